The van der Waals surface area contributed by atoms with Crippen molar-refractivity contribution in [1.29, 1.82) is 0 Å². The van der Waals surface area contributed by atoms with E-state index in [2.05, 4.69) is 15.0 Å². The van der Waals surface area contributed by atoms with Crippen LogP contribution in [0.25, 0.3) is 0 Å². The Kier molecular flexibility index (Phi) is 8.82. The highest BCUT2D eigenvalue weighted by Gasteiger charge is 2.50. The molecule has 11 nitrogen and oxygen atoms in total. The van der Waals surface area contributed by atoms with Crippen molar-refractivity contribution in [2.24, 2.45) is 0 Å². The highest BCUT2D eigenvalue weighted by Crippen LogP contribution is 2.45. The maximum atomic E-state index is 15.3. The molecule has 0 bridgehead atoms. The smallest absolute Gasteiger partial charge is 0.419 e. The van der Waals surface area contributed by atoms with Gasteiger partial charge in [0.1, 0.15) is 30.0 Å². The van der Waals surface area contributed by atoms with Gasteiger partial charge in [-0.25, -0.2) is 13.2 Å². The van der Waals surface area contributed by atoms with Crippen LogP contribution in [0.15, 0.2) is 6.07 Å². The van der Waals surface area contributed by atoms with Gasteiger partial charge < -0.3 is 25.0 Å². The molecule has 0 aliphatic carbocycles. The lowest BCUT2D eigenvalue weighted by Gasteiger charge is -2.33. The first-order valence-electron chi connectivity index (χ1n) is 16.3. The van der Waals surface area contributed by atoms with Crippen molar-refractivity contribution in [2.75, 3.05) is 51.0 Å². The predicted octanol–water partition coefficient (Wildman–Crippen LogP) is 5.09. The molecule has 2 saturated heterocycles. The van der Waals surface area contributed by atoms with Gasteiger partial charge in [-0.05, 0) is 25.8 Å². The molecule has 2 fully saturated rings. The Morgan fingerprint density at radius 3 is 2.72 bits per heavy atom. The molecular weight excluding hydrogens is 694 g/mol. The first-order chi connectivity index (χ1) is 23.7. The minimum Gasteiger partial charge on any atom is -0.461 e. The number of aromatic nitrogens is 4. The number of rotatable bonds is 6. The van der Waals surface area contributed by atoms with Crippen LogP contribution in [-0.2, 0) is 37.0 Å². The number of fused-ring (bicyclic) bond motifs is 3. The van der Waals surface area contributed by atoms with E-state index in [1.807, 2.05) is 4.90 Å². The van der Waals surface area contributed by atoms with E-state index >= 15 is 4.39 Å². The zero-order valence-electron chi connectivity index (χ0n) is 27.3. The van der Waals surface area contributed by atoms with Crippen molar-refractivity contribution in [3.05, 3.63) is 56.5 Å². The van der Waals surface area contributed by atoms with Crippen LogP contribution < -0.4 is 15.4 Å². The molecule has 4 aliphatic heterocycles. The minimum absolute atomic E-state index is 0.0768. The molecule has 3 aromatic rings. The van der Waals surface area contributed by atoms with Crippen LogP contribution in [0, 0.1) is 11.6 Å². The number of anilines is 2. The largest absolute Gasteiger partial charge is 0.461 e. The van der Waals surface area contributed by atoms with E-state index < -0.39 is 52.4 Å². The Bertz CT molecular complexity index is 1840. The summed E-state index contributed by atoms with van der Waals surface area (Å²) in [6.45, 7) is 1.76. The van der Waals surface area contributed by atoms with Crippen LogP contribution in [-0.4, -0.2) is 87.5 Å². The van der Waals surface area contributed by atoms with Gasteiger partial charge in [0.05, 0.1) is 46.9 Å². The number of hydrogen-bond acceptors (Lipinski definition) is 9. The van der Waals surface area contributed by atoms with Gasteiger partial charge >= 0.3 is 12.2 Å². The second-order valence-electron chi connectivity index (χ2n) is 13.5. The second kappa shape index (κ2) is 12.7. The van der Waals surface area contributed by atoms with Gasteiger partial charge in [0.2, 0.25) is 0 Å². The third kappa shape index (κ3) is 6.00. The quantitative estimate of drug-likeness (QED) is 0.274. The summed E-state index contributed by atoms with van der Waals surface area (Å²) in [5.41, 5.74) is 2.64. The van der Waals surface area contributed by atoms with Crippen LogP contribution in [0.1, 0.15) is 70.4 Å². The lowest BCUT2D eigenvalue weighted by Crippen LogP contribution is -2.43. The van der Waals surface area contributed by atoms with Crippen molar-refractivity contribution in [3.63, 3.8) is 0 Å². The number of halogens is 7. The summed E-state index contributed by atoms with van der Waals surface area (Å²) in [5, 5.41) is 4.62. The highest BCUT2D eigenvalue weighted by molar-refractivity contribution is 6.34. The molecule has 2 N–H and O–H groups in total. The number of aryl methyl sites for hydroxylation is 1. The Balaban J connectivity index is 1.28. The maximum Gasteiger partial charge on any atom is 0.419 e. The summed E-state index contributed by atoms with van der Waals surface area (Å²) in [7, 11) is 3.17. The van der Waals surface area contributed by atoms with Crippen molar-refractivity contribution < 1.29 is 40.6 Å². The number of nitrogens with two attached hydrogens (primary N) is 1. The van der Waals surface area contributed by atoms with E-state index in [0.717, 1.165) is 13.0 Å². The van der Waals surface area contributed by atoms with Crippen LogP contribution in [0.2, 0.25) is 5.02 Å². The van der Waals surface area contributed by atoms with Crippen LogP contribution in [0.4, 0.5) is 37.8 Å². The number of alkyl halides is 4. The lowest BCUT2D eigenvalue weighted by molar-refractivity contribution is -0.142. The summed E-state index contributed by atoms with van der Waals surface area (Å²) >= 11 is 6.70. The molecule has 4 aliphatic rings. The Morgan fingerprint density at radius 1 is 1.20 bits per heavy atom. The summed E-state index contributed by atoms with van der Waals surface area (Å²) in [5.74, 6) is -3.19. The molecule has 1 aromatic carbocycles. The Morgan fingerprint density at radius 2 is 1.98 bits per heavy atom. The van der Waals surface area contributed by atoms with Crippen LogP contribution in [0.5, 0.6) is 6.01 Å². The molecule has 3 atom stereocenters. The zero-order valence-corrected chi connectivity index (χ0v) is 28.1. The fraction of sp³-hybridized carbons (Fsp3) is 0.562. The first kappa shape index (κ1) is 34.6. The molecule has 50 heavy (non-hydrogen) atoms. The number of carbonyl (C=O) groups is 1. The molecule has 0 unspecified atom stereocenters. The minimum atomic E-state index is -5.24. The van der Waals surface area contributed by atoms with Gasteiger partial charge in [-0.15, -0.1) is 0 Å². The molecule has 0 radical (unpaired) electrons. The number of benzene rings is 1. The first-order valence-corrected chi connectivity index (χ1v) is 16.6. The lowest BCUT2D eigenvalue weighted by atomic mass is 9.93. The number of hydrogen-bond donors (Lipinski definition) is 1. The van der Waals surface area contributed by atoms with E-state index in [1.165, 1.54) is 4.90 Å². The molecule has 6 heterocycles. The molecule has 0 spiro atoms. The molecule has 1 amide bonds. The monoisotopic (exact) mass is 728 g/mol. The van der Waals surface area contributed by atoms with E-state index in [4.69, 9.17) is 31.8 Å². The highest BCUT2D eigenvalue weighted by atomic mass is 35.5. The SMILES string of the molecule is CN(C)C(=O)c1nn2c(c1Cl)CN(c1nc(OC[C@@]34CCCN3C[C@H](F)C4)nc3c1CO[C@@H](c1c(F)c(N)cc(F)c1C(F)(F)F)C3)CCC2. The average molecular weight is 729 g/mol. The van der Waals surface area contributed by atoms with E-state index in [9.17, 15) is 26.7 Å². The van der Waals surface area contributed by atoms with Gasteiger partial charge in [0.15, 0.2) is 11.5 Å². The van der Waals surface area contributed by atoms with Crippen molar-refractivity contribution in [1.82, 2.24) is 29.5 Å². The van der Waals surface area contributed by atoms with E-state index in [1.54, 1.807) is 18.8 Å². The van der Waals surface area contributed by atoms with E-state index in [-0.39, 0.29) is 60.9 Å². The number of nitrogen functional groups attached to an aromatic ring is 1. The number of ether oxygens (including phenoxy) is 2. The summed E-state index contributed by atoms with van der Waals surface area (Å²) in [4.78, 5) is 27.4. The molecule has 18 heteroatoms. The number of amides is 1. The van der Waals surface area contributed by atoms with Gasteiger partial charge in [0, 0.05) is 63.8 Å². The molecule has 270 valence electrons. The van der Waals surface area contributed by atoms with Crippen LogP contribution >= 0.6 is 11.6 Å². The van der Waals surface area contributed by atoms with Crippen LogP contribution in [0.3, 0.4) is 0 Å². The number of carbonyl (C=O) groups excluding carboxylic acids is 1. The fourth-order valence-electron chi connectivity index (χ4n) is 7.66. The third-order valence-corrected chi connectivity index (χ3v) is 10.4. The Hall–Kier alpha value is -3.83. The second-order valence-corrected chi connectivity index (χ2v) is 13.9. The summed E-state index contributed by atoms with van der Waals surface area (Å²) in [6, 6.07) is 0.194. The van der Waals surface area contributed by atoms with Crippen molar-refractivity contribution in [2.45, 2.75) is 75.8 Å². The van der Waals surface area contributed by atoms with Gasteiger partial charge in [-0.3, -0.25) is 14.4 Å². The van der Waals surface area contributed by atoms with Crippen molar-refractivity contribution >= 4 is 29.0 Å². The molecule has 0 saturated carbocycles. The Labute approximate surface area is 288 Å². The summed E-state index contributed by atoms with van der Waals surface area (Å²) in [6.07, 6.45) is -5.82. The zero-order chi connectivity index (χ0) is 35.7. The molecule has 2 aromatic heterocycles. The summed E-state index contributed by atoms with van der Waals surface area (Å²) < 4.78 is 101. The van der Waals surface area contributed by atoms with Gasteiger partial charge in [-0.1, -0.05) is 11.6 Å². The number of nitrogens with zero attached hydrogens (tertiary/aromatic N) is 7. The topological polar surface area (TPSA) is 115 Å². The third-order valence-electron chi connectivity index (χ3n) is 10.0. The fourth-order valence-corrected chi connectivity index (χ4v) is 7.93. The normalized spacial score (nSPS) is 23.7. The molecular formula is C32H35ClF6N8O3. The standard InChI is InChI=1S/C32H35ClF6N8O3/c1-44(2)29(48)27-25(33)21-13-45(6-4-8-47(21)43-27)28-17-14-49-22(23-24(32(37,38)39)18(35)9-19(40)26(23)36)10-20(17)41-30(42-28)50-15-31-5-3-7-46(31)12-16(34)11-31/h9,16,22H,3-8,10-15,40H2,1-2H3/t16-,22-,31+/m1/s1. The molecule has 7 rings (SSSR count). The van der Waals surface area contributed by atoms with Gasteiger partial charge in [-0.2, -0.15) is 28.2 Å². The predicted molar refractivity (Wildman–Crippen MR) is 169 cm³/mol. The van der Waals surface area contributed by atoms with Gasteiger partial charge in [0.25, 0.3) is 5.91 Å². The van der Waals surface area contributed by atoms with Crippen molar-refractivity contribution in [3.8, 4) is 6.01 Å². The average Bonchev–Trinajstić information content (AvgIpc) is 3.62. The maximum absolute atomic E-state index is 15.3. The van der Waals surface area contributed by atoms with E-state index in [0.29, 0.717) is 55.6 Å².